The Morgan fingerprint density at radius 3 is 2.59 bits per heavy atom. The largest absolute Gasteiger partial charge is 0.478 e. The van der Waals surface area contributed by atoms with E-state index in [0.717, 1.165) is 5.56 Å². The van der Waals surface area contributed by atoms with E-state index < -0.39 is 5.97 Å². The minimum absolute atomic E-state index is 0.263. The molecule has 86 valence electrons. The summed E-state index contributed by atoms with van der Waals surface area (Å²) in [7, 11) is 1.79. The molecule has 1 aromatic heterocycles. The Morgan fingerprint density at radius 2 is 2.06 bits per heavy atom. The molecule has 0 aliphatic heterocycles. The SMILES string of the molecule is Cn1cc(/C=C(\C(=O)O)c2ccccc2)cn1. The van der Waals surface area contributed by atoms with E-state index >= 15 is 0 Å². The van der Waals surface area contributed by atoms with Gasteiger partial charge in [-0.15, -0.1) is 0 Å². The van der Waals surface area contributed by atoms with Crippen LogP contribution in [0.5, 0.6) is 0 Å². The van der Waals surface area contributed by atoms with Crippen LogP contribution in [0.25, 0.3) is 11.6 Å². The molecular formula is C13H12N2O2. The lowest BCUT2D eigenvalue weighted by Crippen LogP contribution is -1.99. The molecule has 0 saturated heterocycles. The van der Waals surface area contributed by atoms with Gasteiger partial charge in [0.1, 0.15) is 0 Å². The number of aliphatic carboxylic acids is 1. The minimum atomic E-state index is -0.944. The highest BCUT2D eigenvalue weighted by Gasteiger charge is 2.10. The summed E-state index contributed by atoms with van der Waals surface area (Å²) in [4.78, 5) is 11.2. The van der Waals surface area contributed by atoms with Gasteiger partial charge in [-0.2, -0.15) is 5.10 Å². The molecular weight excluding hydrogens is 216 g/mol. The van der Waals surface area contributed by atoms with Gasteiger partial charge in [0.25, 0.3) is 0 Å². The fourth-order valence-electron chi connectivity index (χ4n) is 1.57. The topological polar surface area (TPSA) is 55.1 Å². The zero-order valence-electron chi connectivity index (χ0n) is 9.37. The van der Waals surface area contributed by atoms with Crippen molar-refractivity contribution in [3.8, 4) is 0 Å². The van der Waals surface area contributed by atoms with Gasteiger partial charge < -0.3 is 5.11 Å². The van der Waals surface area contributed by atoms with Gasteiger partial charge >= 0.3 is 5.97 Å². The Hall–Kier alpha value is -2.36. The van der Waals surface area contributed by atoms with Gasteiger partial charge in [0.05, 0.1) is 11.8 Å². The van der Waals surface area contributed by atoms with Gasteiger partial charge in [0.2, 0.25) is 0 Å². The molecule has 0 spiro atoms. The predicted octanol–water partition coefficient (Wildman–Crippen LogP) is 2.05. The van der Waals surface area contributed by atoms with Gasteiger partial charge in [-0.05, 0) is 11.6 Å². The van der Waals surface area contributed by atoms with Gasteiger partial charge in [0, 0.05) is 18.8 Å². The number of carbonyl (C=O) groups is 1. The summed E-state index contributed by atoms with van der Waals surface area (Å²) in [5, 5.41) is 13.2. The van der Waals surface area contributed by atoms with E-state index in [-0.39, 0.29) is 5.57 Å². The molecule has 0 radical (unpaired) electrons. The molecule has 2 aromatic rings. The number of aryl methyl sites for hydroxylation is 1. The Kier molecular flexibility index (Phi) is 3.05. The van der Waals surface area contributed by atoms with Crippen LogP contribution < -0.4 is 0 Å². The minimum Gasteiger partial charge on any atom is -0.478 e. The van der Waals surface area contributed by atoms with Crippen LogP contribution in [0.2, 0.25) is 0 Å². The van der Waals surface area contributed by atoms with Crippen molar-refractivity contribution in [2.75, 3.05) is 0 Å². The van der Waals surface area contributed by atoms with E-state index in [1.165, 1.54) is 0 Å². The summed E-state index contributed by atoms with van der Waals surface area (Å²) < 4.78 is 1.64. The third kappa shape index (κ3) is 2.60. The number of aromatic nitrogens is 2. The molecule has 0 atom stereocenters. The first kappa shape index (κ1) is 11.1. The number of nitrogens with zero attached hydrogens (tertiary/aromatic N) is 2. The van der Waals surface area contributed by atoms with Crippen molar-refractivity contribution in [1.29, 1.82) is 0 Å². The summed E-state index contributed by atoms with van der Waals surface area (Å²) in [6.07, 6.45) is 5.02. The van der Waals surface area contributed by atoms with Gasteiger partial charge in [0.15, 0.2) is 0 Å². The zero-order chi connectivity index (χ0) is 12.3. The molecule has 2 rings (SSSR count). The Labute approximate surface area is 98.8 Å². The Bertz CT molecular complexity index is 556. The fraction of sp³-hybridized carbons (Fsp3) is 0.0769. The van der Waals surface area contributed by atoms with Crippen LogP contribution in [0.15, 0.2) is 42.7 Å². The fourth-order valence-corrected chi connectivity index (χ4v) is 1.57. The van der Waals surface area contributed by atoms with Crippen LogP contribution in [0, 0.1) is 0 Å². The first-order chi connectivity index (χ1) is 8.16. The van der Waals surface area contributed by atoms with Crippen LogP contribution in [0.4, 0.5) is 0 Å². The first-order valence-corrected chi connectivity index (χ1v) is 5.16. The van der Waals surface area contributed by atoms with Crippen molar-refractivity contribution < 1.29 is 9.90 Å². The van der Waals surface area contributed by atoms with E-state index in [9.17, 15) is 9.90 Å². The van der Waals surface area contributed by atoms with Crippen LogP contribution in [-0.4, -0.2) is 20.9 Å². The molecule has 0 unspecified atom stereocenters. The summed E-state index contributed by atoms with van der Waals surface area (Å²) in [6, 6.07) is 9.03. The molecule has 0 saturated carbocycles. The highest BCUT2D eigenvalue weighted by molar-refractivity contribution is 6.20. The lowest BCUT2D eigenvalue weighted by molar-refractivity contribution is -0.130. The molecule has 4 heteroatoms. The molecule has 1 heterocycles. The zero-order valence-corrected chi connectivity index (χ0v) is 9.37. The number of benzene rings is 1. The lowest BCUT2D eigenvalue weighted by Gasteiger charge is -2.01. The smallest absolute Gasteiger partial charge is 0.336 e. The third-order valence-electron chi connectivity index (χ3n) is 2.35. The molecule has 4 nitrogen and oxygen atoms in total. The van der Waals surface area contributed by atoms with Crippen molar-refractivity contribution in [1.82, 2.24) is 9.78 Å². The van der Waals surface area contributed by atoms with Crippen molar-refractivity contribution in [3.63, 3.8) is 0 Å². The van der Waals surface area contributed by atoms with Gasteiger partial charge in [-0.3, -0.25) is 4.68 Å². The maximum atomic E-state index is 11.2. The average Bonchev–Trinajstić information content (AvgIpc) is 2.73. The molecule has 0 fully saturated rings. The summed E-state index contributed by atoms with van der Waals surface area (Å²) in [5.74, 6) is -0.944. The quantitative estimate of drug-likeness (QED) is 0.818. The number of carboxylic acid groups (broad SMARTS) is 1. The number of rotatable bonds is 3. The summed E-state index contributed by atoms with van der Waals surface area (Å²) >= 11 is 0. The number of hydrogen-bond acceptors (Lipinski definition) is 2. The lowest BCUT2D eigenvalue weighted by atomic mass is 10.0. The van der Waals surface area contributed by atoms with E-state index in [1.54, 1.807) is 42.3 Å². The summed E-state index contributed by atoms with van der Waals surface area (Å²) in [5.41, 5.74) is 1.72. The van der Waals surface area contributed by atoms with Crippen molar-refractivity contribution in [3.05, 3.63) is 53.9 Å². The van der Waals surface area contributed by atoms with Gasteiger partial charge in [-0.1, -0.05) is 30.3 Å². The second kappa shape index (κ2) is 4.65. The van der Waals surface area contributed by atoms with Gasteiger partial charge in [-0.25, -0.2) is 4.79 Å². The van der Waals surface area contributed by atoms with E-state index in [1.807, 2.05) is 18.2 Å². The molecule has 1 aromatic carbocycles. The predicted molar refractivity (Wildman–Crippen MR) is 65.2 cm³/mol. The molecule has 0 aliphatic rings. The van der Waals surface area contributed by atoms with Crippen LogP contribution in [0.1, 0.15) is 11.1 Å². The molecule has 17 heavy (non-hydrogen) atoms. The van der Waals surface area contributed by atoms with E-state index in [4.69, 9.17) is 0 Å². The number of carboxylic acids is 1. The molecule has 0 bridgehead atoms. The standard InChI is InChI=1S/C13H12N2O2/c1-15-9-10(8-14-15)7-12(13(16)17)11-5-3-2-4-6-11/h2-9H,1H3,(H,16,17)/b12-7-. The van der Waals surface area contributed by atoms with Crippen LogP contribution in [0.3, 0.4) is 0 Å². The van der Waals surface area contributed by atoms with Crippen molar-refractivity contribution in [2.45, 2.75) is 0 Å². The second-order valence-corrected chi connectivity index (χ2v) is 3.68. The van der Waals surface area contributed by atoms with E-state index in [0.29, 0.717) is 5.56 Å². The van der Waals surface area contributed by atoms with Crippen molar-refractivity contribution >= 4 is 17.6 Å². The monoisotopic (exact) mass is 228 g/mol. The van der Waals surface area contributed by atoms with E-state index in [2.05, 4.69) is 5.10 Å². The highest BCUT2D eigenvalue weighted by atomic mass is 16.4. The first-order valence-electron chi connectivity index (χ1n) is 5.16. The molecule has 0 amide bonds. The van der Waals surface area contributed by atoms with Crippen LogP contribution in [-0.2, 0) is 11.8 Å². The number of hydrogen-bond donors (Lipinski definition) is 1. The third-order valence-corrected chi connectivity index (χ3v) is 2.35. The van der Waals surface area contributed by atoms with Crippen molar-refractivity contribution in [2.24, 2.45) is 7.05 Å². The molecule has 0 aliphatic carbocycles. The Balaban J connectivity index is 2.43. The Morgan fingerprint density at radius 1 is 1.35 bits per heavy atom. The molecule has 1 N–H and O–H groups in total. The summed E-state index contributed by atoms with van der Waals surface area (Å²) in [6.45, 7) is 0. The van der Waals surface area contributed by atoms with Crippen LogP contribution >= 0.6 is 0 Å². The highest BCUT2D eigenvalue weighted by Crippen LogP contribution is 2.17. The average molecular weight is 228 g/mol. The maximum absolute atomic E-state index is 11.2. The second-order valence-electron chi connectivity index (χ2n) is 3.68. The normalized spacial score (nSPS) is 11.5. The maximum Gasteiger partial charge on any atom is 0.336 e.